The molecule has 0 unspecified atom stereocenters. The molecule has 128 valence electrons. The number of benzene rings is 1. The lowest BCUT2D eigenvalue weighted by atomic mass is 10.1. The number of aromatic nitrogens is 3. The molecule has 0 spiro atoms. The lowest BCUT2D eigenvalue weighted by molar-refractivity contribution is 0.0787. The second-order valence-corrected chi connectivity index (χ2v) is 6.62. The zero-order valence-corrected chi connectivity index (χ0v) is 14.5. The highest BCUT2D eigenvalue weighted by Crippen LogP contribution is 2.26. The van der Waals surface area contributed by atoms with E-state index in [-0.39, 0.29) is 17.1 Å². The third-order valence-electron chi connectivity index (χ3n) is 4.61. The van der Waals surface area contributed by atoms with Gasteiger partial charge < -0.3 is 9.47 Å². The summed E-state index contributed by atoms with van der Waals surface area (Å²) in [6.07, 6.45) is 5.43. The van der Waals surface area contributed by atoms with Crippen molar-refractivity contribution in [3.05, 3.63) is 57.7 Å². The predicted molar refractivity (Wildman–Crippen MR) is 96.0 cm³/mol. The van der Waals surface area contributed by atoms with Crippen molar-refractivity contribution in [2.24, 2.45) is 7.05 Å². The molecule has 0 N–H and O–H groups in total. The summed E-state index contributed by atoms with van der Waals surface area (Å²) in [5.41, 5.74) is 1.70. The summed E-state index contributed by atoms with van der Waals surface area (Å²) in [6, 6.07) is 7.34. The van der Waals surface area contributed by atoms with E-state index < -0.39 is 0 Å². The smallest absolute Gasteiger partial charge is 0.294 e. The fourth-order valence-corrected chi connectivity index (χ4v) is 3.46. The van der Waals surface area contributed by atoms with Gasteiger partial charge >= 0.3 is 0 Å². The third kappa shape index (κ3) is 2.62. The Bertz CT molecular complexity index is 1030. The molecule has 0 atom stereocenters. The number of likely N-dealkylation sites (tertiary alicyclic amines) is 1. The quantitative estimate of drug-likeness (QED) is 0.709. The summed E-state index contributed by atoms with van der Waals surface area (Å²) >= 11 is 6.27. The fourth-order valence-electron chi connectivity index (χ4n) is 3.23. The van der Waals surface area contributed by atoms with Gasteiger partial charge in [0.1, 0.15) is 5.69 Å². The van der Waals surface area contributed by atoms with Crippen molar-refractivity contribution < 1.29 is 4.79 Å². The van der Waals surface area contributed by atoms with Gasteiger partial charge in [-0.1, -0.05) is 29.8 Å². The summed E-state index contributed by atoms with van der Waals surface area (Å²) in [4.78, 5) is 31.3. The number of hydrogen-bond donors (Lipinski definition) is 0. The van der Waals surface area contributed by atoms with Crippen molar-refractivity contribution in [1.82, 2.24) is 18.9 Å². The number of rotatable bonds is 2. The molecule has 1 amide bonds. The minimum atomic E-state index is -0.266. The van der Waals surface area contributed by atoms with E-state index in [4.69, 9.17) is 11.6 Å². The summed E-state index contributed by atoms with van der Waals surface area (Å²) in [6.45, 7) is 1.49. The highest BCUT2D eigenvalue weighted by Gasteiger charge is 2.23. The van der Waals surface area contributed by atoms with Crippen molar-refractivity contribution in [2.45, 2.75) is 12.8 Å². The maximum Gasteiger partial charge on any atom is 0.294 e. The molecule has 0 saturated carbocycles. The van der Waals surface area contributed by atoms with Crippen LogP contribution in [0.5, 0.6) is 0 Å². The van der Waals surface area contributed by atoms with Crippen LogP contribution in [-0.4, -0.2) is 37.8 Å². The first kappa shape index (κ1) is 15.9. The van der Waals surface area contributed by atoms with E-state index in [1.54, 1.807) is 34.8 Å². The molecule has 1 aromatic carbocycles. The molecule has 3 heterocycles. The zero-order chi connectivity index (χ0) is 17.6. The molecule has 6 nitrogen and oxygen atoms in total. The predicted octanol–water partition coefficient (Wildman–Crippen LogP) is 2.59. The van der Waals surface area contributed by atoms with Crippen molar-refractivity contribution >= 4 is 23.2 Å². The molecule has 2 aromatic heterocycles. The molecule has 1 fully saturated rings. The normalized spacial score (nSPS) is 14.4. The molecule has 1 aliphatic heterocycles. The van der Waals surface area contributed by atoms with E-state index >= 15 is 0 Å². The zero-order valence-electron chi connectivity index (χ0n) is 13.8. The van der Waals surface area contributed by atoms with Crippen LogP contribution in [0.4, 0.5) is 0 Å². The standard InChI is InChI=1S/C18H17ClN4O2/c1-21-15(12-6-2-3-7-13(12)19)11-23-10-14(20-16(23)18(21)25)17(24)22-8-4-5-9-22/h2-3,6-7,10-11H,4-5,8-9H2,1H3. The van der Waals surface area contributed by atoms with Crippen LogP contribution in [0, 0.1) is 0 Å². The monoisotopic (exact) mass is 356 g/mol. The van der Waals surface area contributed by atoms with E-state index in [1.807, 2.05) is 18.2 Å². The molecule has 0 aliphatic carbocycles. The first-order valence-electron chi connectivity index (χ1n) is 8.19. The number of carbonyl (C=O) groups is 1. The van der Waals surface area contributed by atoms with Gasteiger partial charge in [-0.3, -0.25) is 14.0 Å². The fraction of sp³-hybridized carbons (Fsp3) is 0.278. The molecule has 1 aliphatic rings. The Hall–Kier alpha value is -2.60. The Morgan fingerprint density at radius 3 is 2.60 bits per heavy atom. The van der Waals surface area contributed by atoms with Crippen LogP contribution in [0.1, 0.15) is 23.3 Å². The van der Waals surface area contributed by atoms with E-state index in [9.17, 15) is 9.59 Å². The van der Waals surface area contributed by atoms with Crippen molar-refractivity contribution in [1.29, 1.82) is 0 Å². The molecular weight excluding hydrogens is 340 g/mol. The summed E-state index contributed by atoms with van der Waals surface area (Å²) in [5, 5.41) is 0.560. The molecule has 0 bridgehead atoms. The van der Waals surface area contributed by atoms with Gasteiger partial charge in [-0.2, -0.15) is 0 Å². The van der Waals surface area contributed by atoms with E-state index in [0.29, 0.717) is 16.4 Å². The molecule has 0 radical (unpaired) electrons. The molecule has 1 saturated heterocycles. The summed E-state index contributed by atoms with van der Waals surface area (Å²) < 4.78 is 3.12. The average molecular weight is 357 g/mol. The Morgan fingerprint density at radius 2 is 1.88 bits per heavy atom. The lowest BCUT2D eigenvalue weighted by Gasteiger charge is -2.12. The van der Waals surface area contributed by atoms with Crippen LogP contribution in [-0.2, 0) is 7.05 Å². The minimum Gasteiger partial charge on any atom is -0.337 e. The second-order valence-electron chi connectivity index (χ2n) is 6.21. The van der Waals surface area contributed by atoms with Crippen molar-refractivity contribution in [3.63, 3.8) is 0 Å². The van der Waals surface area contributed by atoms with Crippen LogP contribution in [0.2, 0.25) is 5.02 Å². The number of hydrogen-bond acceptors (Lipinski definition) is 3. The second kappa shape index (κ2) is 6.04. The van der Waals surface area contributed by atoms with Gasteiger partial charge in [0.15, 0.2) is 0 Å². The first-order valence-corrected chi connectivity index (χ1v) is 8.57. The van der Waals surface area contributed by atoms with Crippen LogP contribution < -0.4 is 5.56 Å². The minimum absolute atomic E-state index is 0.123. The Kier molecular flexibility index (Phi) is 3.84. The Labute approximate surface area is 149 Å². The Morgan fingerprint density at radius 1 is 1.16 bits per heavy atom. The topological polar surface area (TPSA) is 59.6 Å². The van der Waals surface area contributed by atoms with Gasteiger partial charge in [-0.25, -0.2) is 4.98 Å². The Balaban J connectivity index is 1.86. The highest BCUT2D eigenvalue weighted by atomic mass is 35.5. The maximum atomic E-state index is 12.7. The average Bonchev–Trinajstić information content (AvgIpc) is 3.28. The maximum absolute atomic E-state index is 12.7. The number of fused-ring (bicyclic) bond motifs is 1. The van der Waals surface area contributed by atoms with E-state index in [0.717, 1.165) is 31.5 Å². The number of imidazole rings is 1. The number of amides is 1. The summed E-state index contributed by atoms with van der Waals surface area (Å²) in [5.74, 6) is -0.123. The number of nitrogens with zero attached hydrogens (tertiary/aromatic N) is 4. The third-order valence-corrected chi connectivity index (χ3v) is 4.94. The van der Waals surface area contributed by atoms with Gasteiger partial charge in [-0.15, -0.1) is 0 Å². The molecule has 3 aromatic rings. The van der Waals surface area contributed by atoms with E-state index in [1.165, 1.54) is 4.57 Å². The van der Waals surface area contributed by atoms with Gasteiger partial charge in [0, 0.05) is 43.1 Å². The van der Waals surface area contributed by atoms with Gasteiger partial charge in [0.2, 0.25) is 5.65 Å². The first-order chi connectivity index (χ1) is 12.1. The molecular formula is C18H17ClN4O2. The van der Waals surface area contributed by atoms with Crippen LogP contribution in [0.15, 0.2) is 41.5 Å². The molecule has 25 heavy (non-hydrogen) atoms. The highest BCUT2D eigenvalue weighted by molar-refractivity contribution is 6.33. The number of halogens is 1. The largest absolute Gasteiger partial charge is 0.337 e. The SMILES string of the molecule is Cn1c(-c2ccccc2Cl)cn2cc(C(=O)N3CCCC3)nc2c1=O. The van der Waals surface area contributed by atoms with Gasteiger partial charge in [0.25, 0.3) is 11.5 Å². The van der Waals surface area contributed by atoms with Crippen molar-refractivity contribution in [3.8, 4) is 11.3 Å². The number of carbonyl (C=O) groups excluding carboxylic acids is 1. The summed E-state index contributed by atoms with van der Waals surface area (Å²) in [7, 11) is 1.68. The van der Waals surface area contributed by atoms with Crippen LogP contribution >= 0.6 is 11.6 Å². The van der Waals surface area contributed by atoms with Crippen molar-refractivity contribution in [2.75, 3.05) is 13.1 Å². The van der Waals surface area contributed by atoms with Crippen LogP contribution in [0.3, 0.4) is 0 Å². The van der Waals surface area contributed by atoms with Gasteiger partial charge in [-0.05, 0) is 18.9 Å². The molecule has 4 rings (SSSR count). The molecule has 7 heteroatoms. The van der Waals surface area contributed by atoms with Gasteiger partial charge in [0.05, 0.1) is 5.69 Å². The van der Waals surface area contributed by atoms with Crippen LogP contribution in [0.25, 0.3) is 16.9 Å². The lowest BCUT2D eigenvalue weighted by Crippen LogP contribution is -2.27. The van der Waals surface area contributed by atoms with E-state index in [2.05, 4.69) is 4.98 Å².